The lowest BCUT2D eigenvalue weighted by Crippen LogP contribution is -2.37. The molecule has 1 amide bonds. The van der Waals surface area contributed by atoms with Crippen molar-refractivity contribution < 1.29 is 28.5 Å². The first-order valence-corrected chi connectivity index (χ1v) is 12.6. The van der Waals surface area contributed by atoms with Gasteiger partial charge in [-0.2, -0.15) is 5.26 Å². The third-order valence-corrected chi connectivity index (χ3v) is 6.93. The summed E-state index contributed by atoms with van der Waals surface area (Å²) in [6.07, 6.45) is 3.20. The molecule has 0 radical (unpaired) electrons. The maximum Gasteiger partial charge on any atom is 0.271 e. The molecule has 1 heterocycles. The van der Waals surface area contributed by atoms with Crippen molar-refractivity contribution in [3.8, 4) is 23.3 Å². The number of carbonyl (C=O) groups is 1. The number of anilines is 1. The van der Waals surface area contributed by atoms with Crippen molar-refractivity contribution in [2.75, 3.05) is 10.5 Å². The minimum atomic E-state index is -3.52. The maximum absolute atomic E-state index is 12.7. The molecule has 32 heavy (non-hydrogen) atoms. The van der Waals surface area contributed by atoms with E-state index in [1.165, 1.54) is 12.3 Å². The molecular formula is C20H26N4O6S2. The zero-order chi connectivity index (χ0) is 23.9. The van der Waals surface area contributed by atoms with Crippen molar-refractivity contribution in [3.05, 3.63) is 28.3 Å². The Morgan fingerprint density at radius 2 is 1.97 bits per heavy atom. The average Bonchev–Trinajstić information content (AvgIpc) is 3.21. The Hall–Kier alpha value is -3.04. The summed E-state index contributed by atoms with van der Waals surface area (Å²) in [5.74, 6) is -2.62. The molecule has 1 atom stereocenters. The topological polar surface area (TPSA) is 173 Å². The van der Waals surface area contributed by atoms with Gasteiger partial charge in [-0.25, -0.2) is 13.4 Å². The van der Waals surface area contributed by atoms with E-state index in [0.717, 1.165) is 36.7 Å². The van der Waals surface area contributed by atoms with Crippen LogP contribution in [0.3, 0.4) is 0 Å². The third-order valence-electron chi connectivity index (χ3n) is 4.78. The first kappa shape index (κ1) is 25.2. The van der Waals surface area contributed by atoms with Gasteiger partial charge in [0.15, 0.2) is 16.6 Å². The molecule has 0 bridgehead atoms. The first-order valence-electron chi connectivity index (χ1n) is 10.1. The molecule has 2 rings (SSSR count). The Labute approximate surface area is 190 Å². The minimum absolute atomic E-state index is 0.0162. The van der Waals surface area contributed by atoms with Gasteiger partial charge in [-0.05, 0) is 19.8 Å². The summed E-state index contributed by atoms with van der Waals surface area (Å²) >= 11 is 0.979. The van der Waals surface area contributed by atoms with Crippen molar-refractivity contribution in [3.63, 3.8) is 0 Å². The number of thiazole rings is 1. The van der Waals surface area contributed by atoms with Crippen LogP contribution in [0.15, 0.2) is 11.4 Å². The fourth-order valence-corrected chi connectivity index (χ4v) is 4.56. The van der Waals surface area contributed by atoms with Crippen LogP contribution in [0.1, 0.15) is 61.1 Å². The molecule has 10 nitrogen and oxygen atoms in total. The van der Waals surface area contributed by atoms with E-state index >= 15 is 0 Å². The summed E-state index contributed by atoms with van der Waals surface area (Å²) < 4.78 is 25.7. The lowest BCUT2D eigenvalue weighted by molar-refractivity contribution is 0.0929. The molecule has 1 unspecified atom stereocenters. The number of nitrogens with zero attached hydrogens (tertiary/aromatic N) is 2. The van der Waals surface area contributed by atoms with Crippen molar-refractivity contribution in [2.24, 2.45) is 0 Å². The van der Waals surface area contributed by atoms with Gasteiger partial charge in [0.2, 0.25) is 15.8 Å². The van der Waals surface area contributed by atoms with Gasteiger partial charge >= 0.3 is 0 Å². The number of nitrogens with one attached hydrogen (secondary N) is 2. The van der Waals surface area contributed by atoms with Crippen LogP contribution in [0.25, 0.3) is 0 Å². The molecule has 12 heteroatoms. The van der Waals surface area contributed by atoms with Crippen LogP contribution in [-0.4, -0.2) is 46.4 Å². The normalized spacial score (nSPS) is 12.2. The second kappa shape index (κ2) is 11.0. The van der Waals surface area contributed by atoms with E-state index in [0.29, 0.717) is 6.42 Å². The molecule has 0 spiro atoms. The van der Waals surface area contributed by atoms with E-state index < -0.39 is 39.2 Å². The average molecular weight is 483 g/mol. The second-order valence-electron chi connectivity index (χ2n) is 7.14. The SMILES string of the molecule is CCCCCC(Cc1c(C#N)cc(O)c(O)c1O)NC(=O)c1csc(NS(=O)(=O)CC)n1. The number of phenolic OH excluding ortho intramolecular Hbond substituents is 3. The quantitative estimate of drug-likeness (QED) is 0.240. The number of aromatic hydroxyl groups is 3. The van der Waals surface area contributed by atoms with Gasteiger partial charge in [-0.15, -0.1) is 11.3 Å². The van der Waals surface area contributed by atoms with Crippen LogP contribution in [0, 0.1) is 11.3 Å². The Morgan fingerprint density at radius 3 is 2.59 bits per heavy atom. The highest BCUT2D eigenvalue weighted by molar-refractivity contribution is 7.92. The molecule has 0 saturated carbocycles. The molecule has 0 aliphatic heterocycles. The summed E-state index contributed by atoms with van der Waals surface area (Å²) in [4.78, 5) is 16.7. The molecule has 0 aliphatic rings. The predicted octanol–water partition coefficient (Wildman–Crippen LogP) is 2.81. The number of unbranched alkanes of at least 4 members (excludes halogenated alkanes) is 2. The van der Waals surface area contributed by atoms with Gasteiger partial charge in [0.25, 0.3) is 5.91 Å². The monoisotopic (exact) mass is 482 g/mol. The van der Waals surface area contributed by atoms with Gasteiger partial charge in [0.05, 0.1) is 17.4 Å². The summed E-state index contributed by atoms with van der Waals surface area (Å²) in [5, 5.41) is 43.4. The lowest BCUT2D eigenvalue weighted by Gasteiger charge is -2.20. The number of sulfonamides is 1. The lowest BCUT2D eigenvalue weighted by atomic mass is 9.95. The largest absolute Gasteiger partial charge is 0.504 e. The van der Waals surface area contributed by atoms with Crippen LogP contribution in [0.2, 0.25) is 0 Å². The Morgan fingerprint density at radius 1 is 1.25 bits per heavy atom. The summed E-state index contributed by atoms with van der Waals surface area (Å²) in [6.45, 7) is 3.51. The number of nitriles is 1. The Bertz CT molecular complexity index is 1110. The summed E-state index contributed by atoms with van der Waals surface area (Å²) in [7, 11) is -3.52. The number of rotatable bonds is 11. The molecule has 0 fully saturated rings. The summed E-state index contributed by atoms with van der Waals surface area (Å²) in [5.41, 5.74) is 0.124. The number of amides is 1. The van der Waals surface area contributed by atoms with E-state index in [9.17, 15) is 33.8 Å². The van der Waals surface area contributed by atoms with Crippen molar-refractivity contribution in [1.29, 1.82) is 5.26 Å². The van der Waals surface area contributed by atoms with Crippen LogP contribution in [-0.2, 0) is 16.4 Å². The zero-order valence-corrected chi connectivity index (χ0v) is 19.4. The van der Waals surface area contributed by atoms with Crippen molar-refractivity contribution >= 4 is 32.4 Å². The highest BCUT2D eigenvalue weighted by Gasteiger charge is 2.23. The van der Waals surface area contributed by atoms with Crippen LogP contribution in [0.5, 0.6) is 17.2 Å². The fraction of sp³-hybridized carbons (Fsp3) is 0.450. The van der Waals surface area contributed by atoms with Crippen LogP contribution in [0.4, 0.5) is 5.13 Å². The van der Waals surface area contributed by atoms with E-state index in [1.807, 2.05) is 13.0 Å². The van der Waals surface area contributed by atoms with E-state index in [4.69, 9.17) is 0 Å². The third kappa shape index (κ3) is 6.48. The van der Waals surface area contributed by atoms with Crippen molar-refractivity contribution in [2.45, 2.75) is 52.0 Å². The number of phenols is 3. The number of hydrogen-bond donors (Lipinski definition) is 5. The summed E-state index contributed by atoms with van der Waals surface area (Å²) in [6, 6.07) is 2.42. The maximum atomic E-state index is 12.7. The van der Waals surface area contributed by atoms with Gasteiger partial charge in [0, 0.05) is 23.1 Å². The molecular weight excluding hydrogens is 456 g/mol. The standard InChI is InChI=1S/C20H26N4O6S2/c1-3-5-6-7-13(9-14-12(10-21)8-16(25)18(27)17(14)26)22-19(28)15-11-31-20(23-15)24-32(29,30)4-2/h8,11,13,25-27H,3-7,9H2,1-2H3,(H,22,28)(H,23,24). The highest BCUT2D eigenvalue weighted by atomic mass is 32.2. The number of carbonyl (C=O) groups excluding carboxylic acids is 1. The molecule has 174 valence electrons. The molecule has 2 aromatic rings. The number of hydrogen-bond acceptors (Lipinski definition) is 9. The van der Waals surface area contributed by atoms with E-state index in [2.05, 4.69) is 15.0 Å². The van der Waals surface area contributed by atoms with Gasteiger partial charge in [-0.3, -0.25) is 9.52 Å². The van der Waals surface area contributed by atoms with Crippen LogP contribution < -0.4 is 10.0 Å². The number of aromatic nitrogens is 1. The molecule has 1 aromatic heterocycles. The molecule has 5 N–H and O–H groups in total. The van der Waals surface area contributed by atoms with Crippen molar-refractivity contribution in [1.82, 2.24) is 10.3 Å². The Balaban J connectivity index is 2.24. The molecule has 0 saturated heterocycles. The number of benzene rings is 1. The van der Waals surface area contributed by atoms with Gasteiger partial charge in [0.1, 0.15) is 5.69 Å². The van der Waals surface area contributed by atoms with Crippen LogP contribution >= 0.6 is 11.3 Å². The highest BCUT2D eigenvalue weighted by Crippen LogP contribution is 2.40. The fourth-order valence-electron chi connectivity index (χ4n) is 2.99. The molecule has 0 aliphatic carbocycles. The molecule has 1 aromatic carbocycles. The van der Waals surface area contributed by atoms with E-state index in [-0.39, 0.29) is 34.1 Å². The Kier molecular flexibility index (Phi) is 8.68. The minimum Gasteiger partial charge on any atom is -0.504 e. The van der Waals surface area contributed by atoms with Gasteiger partial charge in [-0.1, -0.05) is 26.2 Å². The zero-order valence-electron chi connectivity index (χ0n) is 17.8. The van der Waals surface area contributed by atoms with Gasteiger partial charge < -0.3 is 20.6 Å². The smallest absolute Gasteiger partial charge is 0.271 e. The van der Waals surface area contributed by atoms with E-state index in [1.54, 1.807) is 0 Å². The predicted molar refractivity (Wildman–Crippen MR) is 120 cm³/mol. The first-order chi connectivity index (χ1) is 15.1. The second-order valence-corrected chi connectivity index (χ2v) is 10.0.